The van der Waals surface area contributed by atoms with Crippen LogP contribution in [0.25, 0.3) is 0 Å². The van der Waals surface area contributed by atoms with Gasteiger partial charge in [0.15, 0.2) is 5.76 Å². The number of carbonyl (C=O) groups is 1. The highest BCUT2D eigenvalue weighted by Gasteiger charge is 2.56. The van der Waals surface area contributed by atoms with Crippen LogP contribution in [0, 0.1) is 11.8 Å². The summed E-state index contributed by atoms with van der Waals surface area (Å²) in [6.07, 6.45) is 2.93. The number of Topliss-reactive ketones (excluding diaryl/α,β-unsaturated/α-hetero) is 1. The second kappa shape index (κ2) is 5.52. The highest BCUT2D eigenvalue weighted by molar-refractivity contribution is 6.00. The second-order valence-electron chi connectivity index (χ2n) is 6.60. The molecule has 120 valence electrons. The lowest BCUT2D eigenvalue weighted by Crippen LogP contribution is -2.53. The molecule has 2 bridgehead atoms. The molecule has 1 aliphatic carbocycles. The average molecular weight is 312 g/mol. The number of fused-ring (bicyclic) bond motifs is 2. The van der Waals surface area contributed by atoms with Crippen LogP contribution in [0.2, 0.25) is 0 Å². The minimum atomic E-state index is -0.229. The molecule has 4 aliphatic rings. The van der Waals surface area contributed by atoms with Crippen LogP contribution in [-0.2, 0) is 14.3 Å². The molecule has 4 heteroatoms. The molecule has 0 radical (unpaired) electrons. The molecule has 0 spiro atoms. The summed E-state index contributed by atoms with van der Waals surface area (Å²) >= 11 is 0. The normalized spacial score (nSPS) is 32.8. The van der Waals surface area contributed by atoms with E-state index in [4.69, 9.17) is 9.47 Å². The Morgan fingerprint density at radius 1 is 1.26 bits per heavy atom. The molecule has 0 saturated carbocycles. The summed E-state index contributed by atoms with van der Waals surface area (Å²) in [5, 5.41) is 0. The smallest absolute Gasteiger partial charge is 0.344 e. The quantitative estimate of drug-likeness (QED) is 0.787. The van der Waals surface area contributed by atoms with Gasteiger partial charge in [0, 0.05) is 6.42 Å². The summed E-state index contributed by atoms with van der Waals surface area (Å²) in [7, 11) is 1.58. The third-order valence-corrected chi connectivity index (χ3v) is 5.42. The molecule has 23 heavy (non-hydrogen) atoms. The van der Waals surface area contributed by atoms with Gasteiger partial charge in [-0.3, -0.25) is 4.79 Å². The van der Waals surface area contributed by atoms with Crippen LogP contribution in [0.1, 0.15) is 24.8 Å². The number of benzene rings is 1. The fourth-order valence-electron chi connectivity index (χ4n) is 4.35. The van der Waals surface area contributed by atoms with Gasteiger partial charge in [0.2, 0.25) is 6.04 Å². The van der Waals surface area contributed by atoms with Gasteiger partial charge in [0.25, 0.3) is 5.78 Å². The highest BCUT2D eigenvalue weighted by Crippen LogP contribution is 2.44. The number of carbonyl (C=O) groups excluding carboxylic acids is 1. The Kier molecular flexibility index (Phi) is 3.47. The Balaban J connectivity index is 1.89. The zero-order valence-corrected chi connectivity index (χ0v) is 13.6. The highest BCUT2D eigenvalue weighted by atomic mass is 16.5. The number of hydrogen-bond donors (Lipinski definition) is 0. The fraction of sp³-hybridized carbons (Fsp3) is 0.474. The number of ketones is 1. The summed E-state index contributed by atoms with van der Waals surface area (Å²) in [6, 6.07) is 10.1. The third kappa shape index (κ3) is 2.12. The third-order valence-electron chi connectivity index (χ3n) is 5.42. The molecule has 4 nitrogen and oxygen atoms in total. The SMILES string of the molecule is COC1=C[C@@H]2C3=[N+](CCCO3)[C@H](C1=O)[C@H](c1ccccc1)[C@H]2C. The molecule has 0 amide bonds. The number of methoxy groups -OCH3 is 1. The zero-order valence-electron chi connectivity index (χ0n) is 13.6. The van der Waals surface area contributed by atoms with Crippen molar-refractivity contribution in [2.24, 2.45) is 11.8 Å². The van der Waals surface area contributed by atoms with E-state index >= 15 is 0 Å². The van der Waals surface area contributed by atoms with Crippen molar-refractivity contribution < 1.29 is 18.8 Å². The van der Waals surface area contributed by atoms with E-state index in [1.54, 1.807) is 7.11 Å². The van der Waals surface area contributed by atoms with Crippen molar-refractivity contribution in [3.8, 4) is 0 Å². The van der Waals surface area contributed by atoms with Gasteiger partial charge < -0.3 is 9.47 Å². The molecule has 0 unspecified atom stereocenters. The topological polar surface area (TPSA) is 38.5 Å². The Hall–Kier alpha value is -2.10. The van der Waals surface area contributed by atoms with E-state index in [1.165, 1.54) is 5.56 Å². The van der Waals surface area contributed by atoms with E-state index in [9.17, 15) is 4.79 Å². The van der Waals surface area contributed by atoms with E-state index in [1.807, 2.05) is 24.3 Å². The minimum Gasteiger partial charge on any atom is -0.493 e. The molecule has 0 aromatic heterocycles. The van der Waals surface area contributed by atoms with Gasteiger partial charge in [0.1, 0.15) is 12.5 Å². The lowest BCUT2D eigenvalue weighted by molar-refractivity contribution is -0.579. The number of hydrogen-bond acceptors (Lipinski definition) is 3. The monoisotopic (exact) mass is 312 g/mol. The summed E-state index contributed by atoms with van der Waals surface area (Å²) < 4.78 is 13.6. The van der Waals surface area contributed by atoms with Crippen LogP contribution in [0.15, 0.2) is 42.2 Å². The maximum atomic E-state index is 13.1. The van der Waals surface area contributed by atoms with Crippen LogP contribution in [0.4, 0.5) is 0 Å². The van der Waals surface area contributed by atoms with Crippen molar-refractivity contribution in [1.82, 2.24) is 0 Å². The zero-order chi connectivity index (χ0) is 16.0. The van der Waals surface area contributed by atoms with Gasteiger partial charge in [-0.25, -0.2) is 0 Å². The molecule has 5 rings (SSSR count). The molecule has 0 fully saturated rings. The maximum Gasteiger partial charge on any atom is 0.344 e. The van der Waals surface area contributed by atoms with Crippen LogP contribution < -0.4 is 0 Å². The predicted molar refractivity (Wildman–Crippen MR) is 86.4 cm³/mol. The predicted octanol–water partition coefficient (Wildman–Crippen LogP) is 2.35. The lowest BCUT2D eigenvalue weighted by atomic mass is 9.73. The van der Waals surface area contributed by atoms with E-state index in [0.717, 1.165) is 25.5 Å². The molecule has 4 atom stereocenters. The van der Waals surface area contributed by atoms with E-state index in [0.29, 0.717) is 11.7 Å². The molecular formula is C19H22NO3+. The Bertz CT molecular complexity index is 692. The van der Waals surface area contributed by atoms with Gasteiger partial charge in [-0.15, -0.1) is 0 Å². The van der Waals surface area contributed by atoms with E-state index in [2.05, 4.69) is 23.6 Å². The maximum absolute atomic E-state index is 13.1. The summed E-state index contributed by atoms with van der Waals surface area (Å²) in [5.41, 5.74) is 1.22. The number of rotatable bonds is 2. The molecule has 0 saturated heterocycles. The Labute approximate surface area is 136 Å². The first-order valence-corrected chi connectivity index (χ1v) is 8.33. The van der Waals surface area contributed by atoms with Gasteiger partial charge in [-0.2, -0.15) is 4.58 Å². The molecule has 3 aliphatic heterocycles. The largest absolute Gasteiger partial charge is 0.493 e. The summed E-state index contributed by atoms with van der Waals surface area (Å²) in [5.74, 6) is 2.07. The molecule has 1 aromatic carbocycles. The van der Waals surface area contributed by atoms with Crippen molar-refractivity contribution in [3.63, 3.8) is 0 Å². The number of nitrogens with zero attached hydrogens (tertiary/aromatic N) is 1. The molecule has 0 N–H and O–H groups in total. The standard InChI is InChI=1S/C19H22NO3/c1-12-14-11-15(22-2)18(21)17(20-9-6-10-23-19(14)20)16(12)13-7-4-3-5-8-13/h3-5,7-8,11-12,14,16-17H,6,9-10H2,1-2H3/q+1/t12-,14-,16-,17-/m0/s1. The van der Waals surface area contributed by atoms with Crippen LogP contribution in [0.3, 0.4) is 0 Å². The summed E-state index contributed by atoms with van der Waals surface area (Å²) in [6.45, 7) is 3.84. The van der Waals surface area contributed by atoms with E-state index in [-0.39, 0.29) is 23.7 Å². The summed E-state index contributed by atoms with van der Waals surface area (Å²) in [4.78, 5) is 13.1. The molecule has 3 heterocycles. The van der Waals surface area contributed by atoms with Crippen molar-refractivity contribution >= 4 is 11.7 Å². The first-order chi connectivity index (χ1) is 11.2. The minimum absolute atomic E-state index is 0.0798. The van der Waals surface area contributed by atoms with Gasteiger partial charge in [-0.05, 0) is 17.6 Å². The van der Waals surface area contributed by atoms with Crippen molar-refractivity contribution in [1.29, 1.82) is 0 Å². The first-order valence-electron chi connectivity index (χ1n) is 8.33. The van der Waals surface area contributed by atoms with Crippen molar-refractivity contribution in [2.75, 3.05) is 20.3 Å². The first kappa shape index (κ1) is 14.5. The van der Waals surface area contributed by atoms with Gasteiger partial charge in [-0.1, -0.05) is 37.3 Å². The average Bonchev–Trinajstić information content (AvgIpc) is 2.78. The molecular weight excluding hydrogens is 290 g/mol. The van der Waals surface area contributed by atoms with Gasteiger partial charge in [0.05, 0.1) is 19.6 Å². The lowest BCUT2D eigenvalue weighted by Gasteiger charge is -2.37. The van der Waals surface area contributed by atoms with E-state index < -0.39 is 0 Å². The van der Waals surface area contributed by atoms with Crippen LogP contribution >= 0.6 is 0 Å². The Morgan fingerprint density at radius 2 is 2.04 bits per heavy atom. The Morgan fingerprint density at radius 3 is 2.78 bits per heavy atom. The van der Waals surface area contributed by atoms with Gasteiger partial charge >= 0.3 is 5.90 Å². The van der Waals surface area contributed by atoms with Crippen molar-refractivity contribution in [3.05, 3.63) is 47.7 Å². The second-order valence-corrected chi connectivity index (χ2v) is 6.60. The number of ether oxygens (including phenoxy) is 2. The van der Waals surface area contributed by atoms with Crippen LogP contribution in [0.5, 0.6) is 0 Å². The molecule has 1 aromatic rings. The van der Waals surface area contributed by atoms with Crippen LogP contribution in [-0.4, -0.2) is 42.6 Å². The van der Waals surface area contributed by atoms with Crippen molar-refractivity contribution in [2.45, 2.75) is 25.3 Å². The fourth-order valence-corrected chi connectivity index (χ4v) is 4.35.